The van der Waals surface area contributed by atoms with Crippen molar-refractivity contribution in [3.8, 4) is 0 Å². The van der Waals surface area contributed by atoms with Crippen LogP contribution in [0.1, 0.15) is 39.2 Å². The third-order valence-electron chi connectivity index (χ3n) is 2.93. The molecule has 0 heterocycles. The molecular formula is C16H23ClN2O2. The van der Waals surface area contributed by atoms with Gasteiger partial charge in [0.05, 0.1) is 5.69 Å². The fourth-order valence-corrected chi connectivity index (χ4v) is 2.06. The number of amides is 1. The maximum absolute atomic E-state index is 12.3. The van der Waals surface area contributed by atoms with Gasteiger partial charge in [-0.1, -0.05) is 43.6 Å². The lowest BCUT2D eigenvalue weighted by Gasteiger charge is -2.24. The number of rotatable bonds is 8. The monoisotopic (exact) mass is 310 g/mol. The van der Waals surface area contributed by atoms with Crippen LogP contribution in [-0.2, 0) is 16.1 Å². The molecule has 0 fully saturated rings. The number of anilines is 1. The summed E-state index contributed by atoms with van der Waals surface area (Å²) in [6, 6.07) is 7.81. The molecule has 21 heavy (non-hydrogen) atoms. The van der Waals surface area contributed by atoms with Gasteiger partial charge in [0.25, 0.3) is 0 Å². The number of carbonyl (C=O) groups is 1. The Morgan fingerprint density at radius 1 is 1.43 bits per heavy atom. The number of hydrogen-bond donors (Lipinski definition) is 0. The summed E-state index contributed by atoms with van der Waals surface area (Å²) in [5.41, 5.74) is 1.94. The van der Waals surface area contributed by atoms with Gasteiger partial charge >= 0.3 is 0 Å². The predicted molar refractivity (Wildman–Crippen MR) is 88.0 cm³/mol. The van der Waals surface area contributed by atoms with E-state index in [2.05, 4.69) is 12.1 Å². The van der Waals surface area contributed by atoms with E-state index in [0.29, 0.717) is 0 Å². The minimum Gasteiger partial charge on any atom is -0.374 e. The number of oxime groups is 1. The Morgan fingerprint density at radius 3 is 2.76 bits per heavy atom. The summed E-state index contributed by atoms with van der Waals surface area (Å²) in [4.78, 5) is 19.1. The molecule has 0 saturated carbocycles. The summed E-state index contributed by atoms with van der Waals surface area (Å²) in [5, 5.41) is 3.20. The number of hydrogen-bond acceptors (Lipinski definition) is 3. The van der Waals surface area contributed by atoms with Gasteiger partial charge in [-0.3, -0.25) is 9.69 Å². The molecule has 0 N–H and O–H groups in total. The van der Waals surface area contributed by atoms with Crippen molar-refractivity contribution in [1.29, 1.82) is 0 Å². The molecule has 1 amide bonds. The predicted octanol–water partition coefficient (Wildman–Crippen LogP) is 3.97. The van der Waals surface area contributed by atoms with Crippen molar-refractivity contribution in [2.24, 2.45) is 5.16 Å². The average Bonchev–Trinajstić information content (AvgIpc) is 2.48. The van der Waals surface area contributed by atoms with Gasteiger partial charge in [0.2, 0.25) is 5.91 Å². The van der Waals surface area contributed by atoms with Gasteiger partial charge in [-0.15, -0.1) is 11.6 Å². The van der Waals surface area contributed by atoms with Crippen molar-refractivity contribution < 1.29 is 9.63 Å². The van der Waals surface area contributed by atoms with E-state index in [-0.39, 0.29) is 12.6 Å². The first-order chi connectivity index (χ1) is 10.1. The van der Waals surface area contributed by atoms with Crippen LogP contribution in [0.2, 0.25) is 0 Å². The number of aryl methyl sites for hydroxylation is 1. The van der Waals surface area contributed by atoms with Gasteiger partial charge in [-0.25, -0.2) is 0 Å². The normalized spacial score (nSPS) is 12.4. The summed E-state index contributed by atoms with van der Waals surface area (Å²) in [6.45, 7) is 5.80. The molecule has 116 valence electrons. The van der Waals surface area contributed by atoms with Gasteiger partial charge in [0.1, 0.15) is 5.38 Å². The molecule has 0 bridgehead atoms. The second-order valence-electron chi connectivity index (χ2n) is 4.72. The first-order valence-electron chi connectivity index (χ1n) is 7.28. The number of para-hydroxylation sites is 1. The summed E-state index contributed by atoms with van der Waals surface area (Å²) in [6.07, 6.45) is 4.34. The molecule has 0 aliphatic heterocycles. The Kier molecular flexibility index (Phi) is 7.83. The molecule has 0 radical (unpaired) electrons. The lowest BCUT2D eigenvalue weighted by Crippen LogP contribution is -2.37. The zero-order valence-electron chi connectivity index (χ0n) is 12.9. The van der Waals surface area contributed by atoms with Crippen LogP contribution in [0.5, 0.6) is 0 Å². The first kappa shape index (κ1) is 17.5. The molecule has 1 aromatic rings. The molecule has 1 rings (SSSR count). The number of nitrogens with zero attached hydrogens (tertiary/aromatic N) is 2. The minimum atomic E-state index is -0.613. The molecule has 0 aliphatic rings. The van der Waals surface area contributed by atoms with E-state index >= 15 is 0 Å². The maximum Gasteiger partial charge on any atom is 0.247 e. The van der Waals surface area contributed by atoms with Crippen molar-refractivity contribution >= 4 is 29.4 Å². The molecule has 4 nitrogen and oxygen atoms in total. The highest BCUT2D eigenvalue weighted by molar-refractivity contribution is 6.32. The summed E-state index contributed by atoms with van der Waals surface area (Å²) in [5.74, 6) is -0.188. The van der Waals surface area contributed by atoms with E-state index in [1.54, 1.807) is 18.0 Å². The summed E-state index contributed by atoms with van der Waals surface area (Å²) >= 11 is 5.96. The summed E-state index contributed by atoms with van der Waals surface area (Å²) < 4.78 is 0. The van der Waals surface area contributed by atoms with Crippen LogP contribution >= 0.6 is 11.6 Å². The van der Waals surface area contributed by atoms with Gasteiger partial charge < -0.3 is 4.84 Å². The smallest absolute Gasteiger partial charge is 0.247 e. The van der Waals surface area contributed by atoms with Crippen molar-refractivity contribution in [2.45, 2.75) is 45.4 Å². The fourth-order valence-electron chi connectivity index (χ4n) is 1.94. The standard InChI is InChI=1S/C16H23ClN2O2/c1-4-8-14-9-6-7-10-15(14)19(16(20)13(3)17)12-21-18-11-5-2/h6-7,9-11,13H,4-5,8,12H2,1-3H3. The highest BCUT2D eigenvalue weighted by Gasteiger charge is 2.22. The molecular weight excluding hydrogens is 288 g/mol. The van der Waals surface area contributed by atoms with Crippen molar-refractivity contribution in [3.05, 3.63) is 29.8 Å². The van der Waals surface area contributed by atoms with Crippen molar-refractivity contribution in [2.75, 3.05) is 11.6 Å². The lowest BCUT2D eigenvalue weighted by molar-refractivity contribution is -0.119. The van der Waals surface area contributed by atoms with Crippen LogP contribution in [0.15, 0.2) is 29.4 Å². The van der Waals surface area contributed by atoms with Crippen molar-refractivity contribution in [3.63, 3.8) is 0 Å². The van der Waals surface area contributed by atoms with E-state index in [9.17, 15) is 4.79 Å². The zero-order chi connectivity index (χ0) is 15.7. The van der Waals surface area contributed by atoms with Crippen LogP contribution in [0.25, 0.3) is 0 Å². The highest BCUT2D eigenvalue weighted by Crippen LogP contribution is 2.23. The molecule has 0 aromatic heterocycles. The second-order valence-corrected chi connectivity index (χ2v) is 5.37. The fraction of sp³-hybridized carbons (Fsp3) is 0.500. The molecule has 5 heteroatoms. The van der Waals surface area contributed by atoms with E-state index < -0.39 is 5.38 Å². The van der Waals surface area contributed by atoms with Gasteiger partial charge in [-0.2, -0.15) is 0 Å². The first-order valence-corrected chi connectivity index (χ1v) is 7.72. The van der Waals surface area contributed by atoms with Crippen LogP contribution in [0.3, 0.4) is 0 Å². The van der Waals surface area contributed by atoms with Crippen LogP contribution in [0, 0.1) is 0 Å². The topological polar surface area (TPSA) is 41.9 Å². The second kappa shape index (κ2) is 9.40. The number of alkyl halides is 1. The van der Waals surface area contributed by atoms with Crippen LogP contribution in [0.4, 0.5) is 5.69 Å². The van der Waals surface area contributed by atoms with Crippen molar-refractivity contribution in [1.82, 2.24) is 0 Å². The number of halogens is 1. The molecule has 0 saturated heterocycles. The zero-order valence-corrected chi connectivity index (χ0v) is 13.6. The third kappa shape index (κ3) is 5.38. The number of benzene rings is 1. The Labute approximate surface area is 131 Å². The largest absolute Gasteiger partial charge is 0.374 e. The van der Waals surface area contributed by atoms with Gasteiger partial charge in [-0.05, 0) is 31.4 Å². The van der Waals surface area contributed by atoms with Crippen LogP contribution < -0.4 is 4.90 Å². The molecule has 0 spiro atoms. The maximum atomic E-state index is 12.3. The number of carbonyl (C=O) groups excluding carboxylic acids is 1. The lowest BCUT2D eigenvalue weighted by atomic mass is 10.1. The van der Waals surface area contributed by atoms with Gasteiger partial charge in [0.15, 0.2) is 6.73 Å². The van der Waals surface area contributed by atoms with E-state index in [0.717, 1.165) is 30.5 Å². The molecule has 0 aliphatic carbocycles. The van der Waals surface area contributed by atoms with E-state index in [1.165, 1.54) is 0 Å². The Morgan fingerprint density at radius 2 is 2.14 bits per heavy atom. The minimum absolute atomic E-state index is 0.0626. The molecule has 1 unspecified atom stereocenters. The third-order valence-corrected chi connectivity index (χ3v) is 3.11. The summed E-state index contributed by atoms with van der Waals surface area (Å²) in [7, 11) is 0. The van der Waals surface area contributed by atoms with E-state index in [1.807, 2.05) is 31.2 Å². The Balaban J connectivity index is 3.00. The van der Waals surface area contributed by atoms with E-state index in [4.69, 9.17) is 16.4 Å². The molecule has 1 aromatic carbocycles. The Hall–Kier alpha value is -1.55. The van der Waals surface area contributed by atoms with Gasteiger partial charge in [0, 0.05) is 6.21 Å². The Bertz CT molecular complexity index is 475. The van der Waals surface area contributed by atoms with Crippen LogP contribution in [-0.4, -0.2) is 24.2 Å². The molecule has 1 atom stereocenters. The highest BCUT2D eigenvalue weighted by atomic mass is 35.5. The average molecular weight is 311 g/mol. The SMILES string of the molecule is CCC=NOCN(C(=O)C(C)Cl)c1ccccc1CCC. The quantitative estimate of drug-likeness (QED) is 0.315.